The van der Waals surface area contributed by atoms with Crippen LogP contribution in [0, 0.1) is 17.2 Å². The van der Waals surface area contributed by atoms with Crippen LogP contribution in [0.4, 0.5) is 0 Å². The molecule has 0 fully saturated rings. The van der Waals surface area contributed by atoms with Crippen LogP contribution in [-0.2, 0) is 10.8 Å². The van der Waals surface area contributed by atoms with Crippen LogP contribution >= 0.6 is 11.6 Å². The quantitative estimate of drug-likeness (QED) is 0.797. The van der Waals surface area contributed by atoms with E-state index < -0.39 is 10.8 Å². The number of halogens is 1. The standard InChI is InChI=1S/C10H10ClNOS/c1-8(6-12)7-14(13)10-4-2-9(11)3-5-10/h2-5,8H,7H2,1H3. The first kappa shape index (κ1) is 11.2. The molecule has 1 rings (SSSR count). The van der Waals surface area contributed by atoms with Crippen molar-refractivity contribution in [2.24, 2.45) is 5.92 Å². The predicted octanol–water partition coefficient (Wildman–Crippen LogP) is 2.61. The highest BCUT2D eigenvalue weighted by Gasteiger charge is 2.08. The summed E-state index contributed by atoms with van der Waals surface area (Å²) in [7, 11) is -1.10. The Morgan fingerprint density at radius 1 is 1.50 bits per heavy atom. The Bertz CT molecular complexity index is 369. The SMILES string of the molecule is CC(C#N)CS(=O)c1ccc(Cl)cc1. The fourth-order valence-electron chi connectivity index (χ4n) is 0.947. The lowest BCUT2D eigenvalue weighted by Crippen LogP contribution is -2.05. The number of benzene rings is 1. The van der Waals surface area contributed by atoms with Crippen LogP contribution < -0.4 is 0 Å². The summed E-state index contributed by atoms with van der Waals surface area (Å²) in [5, 5.41) is 9.19. The Morgan fingerprint density at radius 2 is 2.07 bits per heavy atom. The largest absolute Gasteiger partial charge is 0.254 e. The van der Waals surface area contributed by atoms with Crippen molar-refractivity contribution in [1.29, 1.82) is 5.26 Å². The minimum absolute atomic E-state index is 0.188. The lowest BCUT2D eigenvalue weighted by atomic mass is 10.3. The van der Waals surface area contributed by atoms with E-state index in [-0.39, 0.29) is 5.92 Å². The lowest BCUT2D eigenvalue weighted by Gasteiger charge is -2.02. The van der Waals surface area contributed by atoms with E-state index in [0.29, 0.717) is 10.8 Å². The van der Waals surface area contributed by atoms with Gasteiger partial charge >= 0.3 is 0 Å². The molecule has 0 amide bonds. The molecule has 2 unspecified atom stereocenters. The predicted molar refractivity (Wildman–Crippen MR) is 57.5 cm³/mol. The van der Waals surface area contributed by atoms with E-state index in [9.17, 15) is 4.21 Å². The molecule has 1 aromatic carbocycles. The summed E-state index contributed by atoms with van der Waals surface area (Å²) in [6.45, 7) is 1.76. The molecule has 2 atom stereocenters. The third-order valence-electron chi connectivity index (χ3n) is 1.70. The Labute approximate surface area is 91.0 Å². The molecule has 74 valence electrons. The van der Waals surface area contributed by atoms with Crippen molar-refractivity contribution in [3.8, 4) is 6.07 Å². The van der Waals surface area contributed by atoms with Gasteiger partial charge in [-0.1, -0.05) is 11.6 Å². The summed E-state index contributed by atoms with van der Waals surface area (Å²) in [5.74, 6) is 0.185. The van der Waals surface area contributed by atoms with E-state index in [2.05, 4.69) is 6.07 Å². The molecule has 2 nitrogen and oxygen atoms in total. The molecule has 4 heteroatoms. The Morgan fingerprint density at radius 3 is 2.57 bits per heavy atom. The summed E-state index contributed by atoms with van der Waals surface area (Å²) < 4.78 is 11.6. The van der Waals surface area contributed by atoms with Crippen molar-refractivity contribution in [1.82, 2.24) is 0 Å². The minimum Gasteiger partial charge on any atom is -0.254 e. The van der Waals surface area contributed by atoms with Crippen LogP contribution in [0.5, 0.6) is 0 Å². The molecule has 0 heterocycles. The maximum Gasteiger partial charge on any atom is 0.0662 e. The maximum absolute atomic E-state index is 11.6. The Balaban J connectivity index is 2.71. The molecule has 0 N–H and O–H groups in total. The number of hydrogen-bond acceptors (Lipinski definition) is 2. The van der Waals surface area contributed by atoms with E-state index in [4.69, 9.17) is 16.9 Å². The highest BCUT2D eigenvalue weighted by Crippen LogP contribution is 2.14. The second kappa shape index (κ2) is 5.14. The zero-order valence-corrected chi connectivity index (χ0v) is 9.31. The molecule has 14 heavy (non-hydrogen) atoms. The van der Waals surface area contributed by atoms with E-state index in [1.807, 2.05) is 0 Å². The van der Waals surface area contributed by atoms with Gasteiger partial charge < -0.3 is 0 Å². The third kappa shape index (κ3) is 3.13. The zero-order chi connectivity index (χ0) is 10.6. The molecule has 0 aliphatic rings. The average molecular weight is 228 g/mol. The number of rotatable bonds is 3. The molecule has 0 saturated carbocycles. The molecular formula is C10H10ClNOS. The molecule has 0 aliphatic carbocycles. The first-order chi connectivity index (χ1) is 6.63. The van der Waals surface area contributed by atoms with Crippen molar-refractivity contribution in [2.75, 3.05) is 5.75 Å². The van der Waals surface area contributed by atoms with Crippen LogP contribution in [-0.4, -0.2) is 9.96 Å². The van der Waals surface area contributed by atoms with Crippen molar-refractivity contribution in [2.45, 2.75) is 11.8 Å². The highest BCUT2D eigenvalue weighted by molar-refractivity contribution is 7.85. The molecule has 1 aromatic rings. The van der Waals surface area contributed by atoms with Crippen LogP contribution in [0.2, 0.25) is 5.02 Å². The first-order valence-electron chi connectivity index (χ1n) is 4.17. The van der Waals surface area contributed by atoms with Gasteiger partial charge in [-0.15, -0.1) is 0 Å². The molecule has 0 radical (unpaired) electrons. The maximum atomic E-state index is 11.6. The van der Waals surface area contributed by atoms with Crippen LogP contribution in [0.1, 0.15) is 6.92 Å². The van der Waals surface area contributed by atoms with E-state index in [0.717, 1.165) is 4.90 Å². The molecule has 0 bridgehead atoms. The first-order valence-corrected chi connectivity index (χ1v) is 5.86. The van der Waals surface area contributed by atoms with Gasteiger partial charge in [0, 0.05) is 15.7 Å². The smallest absolute Gasteiger partial charge is 0.0662 e. The summed E-state index contributed by atoms with van der Waals surface area (Å²) >= 11 is 5.70. The van der Waals surface area contributed by atoms with Crippen LogP contribution in [0.3, 0.4) is 0 Å². The van der Waals surface area contributed by atoms with Crippen molar-refractivity contribution >= 4 is 22.4 Å². The van der Waals surface area contributed by atoms with Crippen LogP contribution in [0.25, 0.3) is 0 Å². The van der Waals surface area contributed by atoms with Gasteiger partial charge in [0.15, 0.2) is 0 Å². The van der Waals surface area contributed by atoms with Gasteiger partial charge in [-0.05, 0) is 31.2 Å². The Hall–Kier alpha value is -0.850. The fourth-order valence-corrected chi connectivity index (χ4v) is 2.23. The molecule has 0 aromatic heterocycles. The summed E-state index contributed by atoms with van der Waals surface area (Å²) in [4.78, 5) is 0.719. The van der Waals surface area contributed by atoms with Crippen molar-refractivity contribution < 1.29 is 4.21 Å². The Kier molecular flexibility index (Phi) is 4.12. The third-order valence-corrected chi connectivity index (χ3v) is 3.55. The van der Waals surface area contributed by atoms with Crippen molar-refractivity contribution in [3.63, 3.8) is 0 Å². The topological polar surface area (TPSA) is 40.9 Å². The van der Waals surface area contributed by atoms with E-state index in [1.54, 1.807) is 31.2 Å². The number of nitriles is 1. The van der Waals surface area contributed by atoms with Gasteiger partial charge in [-0.25, -0.2) is 0 Å². The second-order valence-corrected chi connectivity index (χ2v) is 4.93. The average Bonchev–Trinajstić information content (AvgIpc) is 2.18. The monoisotopic (exact) mass is 227 g/mol. The lowest BCUT2D eigenvalue weighted by molar-refractivity contribution is 0.676. The van der Waals surface area contributed by atoms with E-state index in [1.165, 1.54) is 0 Å². The molecule has 0 aliphatic heterocycles. The van der Waals surface area contributed by atoms with Gasteiger partial charge in [-0.3, -0.25) is 4.21 Å². The molecular weight excluding hydrogens is 218 g/mol. The normalized spacial score (nSPS) is 14.4. The van der Waals surface area contributed by atoms with Gasteiger partial charge in [0.2, 0.25) is 0 Å². The number of hydrogen-bond donors (Lipinski definition) is 0. The number of nitrogens with zero attached hydrogens (tertiary/aromatic N) is 1. The van der Waals surface area contributed by atoms with Gasteiger partial charge in [0.05, 0.1) is 22.8 Å². The molecule has 0 saturated heterocycles. The zero-order valence-electron chi connectivity index (χ0n) is 7.74. The van der Waals surface area contributed by atoms with Gasteiger partial charge in [-0.2, -0.15) is 5.26 Å². The van der Waals surface area contributed by atoms with Gasteiger partial charge in [0.25, 0.3) is 0 Å². The second-order valence-electron chi connectivity index (χ2n) is 3.00. The summed E-state index contributed by atoms with van der Waals surface area (Å²) in [5.41, 5.74) is 0. The van der Waals surface area contributed by atoms with E-state index >= 15 is 0 Å². The minimum atomic E-state index is -1.10. The molecule has 0 spiro atoms. The van der Waals surface area contributed by atoms with Crippen molar-refractivity contribution in [3.05, 3.63) is 29.3 Å². The van der Waals surface area contributed by atoms with Crippen LogP contribution in [0.15, 0.2) is 29.2 Å². The van der Waals surface area contributed by atoms with Gasteiger partial charge in [0.1, 0.15) is 0 Å². The highest BCUT2D eigenvalue weighted by atomic mass is 35.5. The summed E-state index contributed by atoms with van der Waals surface area (Å²) in [6, 6.07) is 8.91. The fraction of sp³-hybridized carbons (Fsp3) is 0.300. The summed E-state index contributed by atoms with van der Waals surface area (Å²) in [6.07, 6.45) is 0.